The molecule has 0 aliphatic carbocycles. The summed E-state index contributed by atoms with van der Waals surface area (Å²) >= 11 is 8.55. The fourth-order valence-electron chi connectivity index (χ4n) is 2.05. The molecule has 1 heterocycles. The van der Waals surface area contributed by atoms with Crippen LogP contribution in [0.5, 0.6) is 0 Å². The van der Waals surface area contributed by atoms with E-state index in [4.69, 9.17) is 18.0 Å². The Morgan fingerprint density at radius 2 is 2.11 bits per heavy atom. The highest BCUT2D eigenvalue weighted by Crippen LogP contribution is 2.26. The second-order valence-electron chi connectivity index (χ2n) is 4.29. The zero-order chi connectivity index (χ0) is 13.1. The second kappa shape index (κ2) is 6.12. The molecule has 18 heavy (non-hydrogen) atoms. The molecule has 1 aliphatic heterocycles. The predicted octanol–water partition coefficient (Wildman–Crippen LogP) is 2.41. The number of hydrogen-bond acceptors (Lipinski definition) is 3. The van der Waals surface area contributed by atoms with E-state index in [9.17, 15) is 4.21 Å². The average Bonchev–Trinajstić information content (AvgIpc) is 2.32. The fourth-order valence-corrected chi connectivity index (χ4v) is 4.28. The molecule has 0 radical (unpaired) electrons. The highest BCUT2D eigenvalue weighted by Gasteiger charge is 2.19. The summed E-state index contributed by atoms with van der Waals surface area (Å²) in [6.45, 7) is 0. The molecule has 0 saturated carbocycles. The second-order valence-corrected chi connectivity index (χ2v) is 7.28. The molecule has 1 aliphatic rings. The first-order valence-electron chi connectivity index (χ1n) is 5.77. The molecule has 3 nitrogen and oxygen atoms in total. The Morgan fingerprint density at radius 1 is 1.44 bits per heavy atom. The summed E-state index contributed by atoms with van der Waals surface area (Å²) in [5, 5.41) is 3.46. The molecule has 6 heteroatoms. The quantitative estimate of drug-likeness (QED) is 0.825. The number of rotatable bonds is 3. The van der Waals surface area contributed by atoms with Crippen LogP contribution in [0, 0.1) is 0 Å². The zero-order valence-electron chi connectivity index (χ0n) is 9.82. The van der Waals surface area contributed by atoms with Crippen LogP contribution in [-0.2, 0) is 10.8 Å². The van der Waals surface area contributed by atoms with E-state index in [0.29, 0.717) is 11.0 Å². The van der Waals surface area contributed by atoms with E-state index in [2.05, 4.69) is 21.2 Å². The van der Waals surface area contributed by atoms with Crippen molar-refractivity contribution < 1.29 is 4.21 Å². The molecule has 98 valence electrons. The summed E-state index contributed by atoms with van der Waals surface area (Å²) in [7, 11) is -0.637. The molecule has 1 aromatic rings. The summed E-state index contributed by atoms with van der Waals surface area (Å²) in [6, 6.07) is 6.21. The molecule has 1 saturated heterocycles. The van der Waals surface area contributed by atoms with Gasteiger partial charge in [0, 0.05) is 44.1 Å². The van der Waals surface area contributed by atoms with Crippen molar-refractivity contribution >= 4 is 49.6 Å². The van der Waals surface area contributed by atoms with Crippen LogP contribution < -0.4 is 11.1 Å². The highest BCUT2D eigenvalue weighted by molar-refractivity contribution is 9.10. The van der Waals surface area contributed by atoms with Gasteiger partial charge in [-0.05, 0) is 40.9 Å². The fraction of sp³-hybridized carbons (Fsp3) is 0.417. The van der Waals surface area contributed by atoms with Crippen molar-refractivity contribution in [2.75, 3.05) is 16.8 Å². The highest BCUT2D eigenvalue weighted by atomic mass is 79.9. The number of halogens is 1. The Kier molecular flexibility index (Phi) is 4.75. The molecule has 1 fully saturated rings. The molecule has 3 N–H and O–H groups in total. The van der Waals surface area contributed by atoms with Gasteiger partial charge in [-0.3, -0.25) is 4.21 Å². The van der Waals surface area contributed by atoms with Gasteiger partial charge in [-0.15, -0.1) is 0 Å². The Hall–Kier alpha value is -0.460. The number of nitrogens with two attached hydrogens (primary N) is 1. The van der Waals surface area contributed by atoms with Crippen molar-refractivity contribution in [3.63, 3.8) is 0 Å². The van der Waals surface area contributed by atoms with Crippen molar-refractivity contribution in [2.45, 2.75) is 18.9 Å². The van der Waals surface area contributed by atoms with E-state index >= 15 is 0 Å². The van der Waals surface area contributed by atoms with Gasteiger partial charge in [0.1, 0.15) is 4.99 Å². The smallest absolute Gasteiger partial charge is 0.107 e. The normalized spacial score (nSPS) is 23.6. The summed E-state index contributed by atoms with van der Waals surface area (Å²) in [5.41, 5.74) is 7.56. The largest absolute Gasteiger partial charge is 0.389 e. The summed E-state index contributed by atoms with van der Waals surface area (Å²) in [4.78, 5) is 0.379. The van der Waals surface area contributed by atoms with Gasteiger partial charge in [0.25, 0.3) is 0 Å². The average molecular weight is 347 g/mol. The van der Waals surface area contributed by atoms with Crippen LogP contribution in [0.4, 0.5) is 5.69 Å². The molecule has 2 rings (SSSR count). The Balaban J connectivity index is 2.16. The summed E-state index contributed by atoms with van der Waals surface area (Å²) in [5.74, 6) is 1.54. The van der Waals surface area contributed by atoms with Crippen LogP contribution in [-0.4, -0.2) is 26.7 Å². The van der Waals surface area contributed by atoms with Crippen molar-refractivity contribution in [2.24, 2.45) is 5.73 Å². The van der Waals surface area contributed by atoms with Gasteiger partial charge in [0.05, 0.1) is 0 Å². The van der Waals surface area contributed by atoms with Gasteiger partial charge in [0.2, 0.25) is 0 Å². The van der Waals surface area contributed by atoms with E-state index in [1.165, 1.54) is 0 Å². The SMILES string of the molecule is NC(=S)c1c(Br)cccc1NC1CCS(=O)CC1. The Labute approximate surface area is 123 Å². The van der Waals surface area contributed by atoms with Crippen LogP contribution in [0.3, 0.4) is 0 Å². The minimum Gasteiger partial charge on any atom is -0.389 e. The van der Waals surface area contributed by atoms with Gasteiger partial charge in [-0.1, -0.05) is 18.3 Å². The van der Waals surface area contributed by atoms with Gasteiger partial charge in [0.15, 0.2) is 0 Å². The third-order valence-electron chi connectivity index (χ3n) is 3.01. The van der Waals surface area contributed by atoms with Crippen molar-refractivity contribution in [1.29, 1.82) is 0 Å². The van der Waals surface area contributed by atoms with Crippen molar-refractivity contribution in [3.8, 4) is 0 Å². The van der Waals surface area contributed by atoms with Gasteiger partial charge < -0.3 is 11.1 Å². The van der Waals surface area contributed by atoms with Crippen molar-refractivity contribution in [1.82, 2.24) is 0 Å². The third kappa shape index (κ3) is 3.30. The number of thiocarbonyl (C=S) groups is 1. The van der Waals surface area contributed by atoms with E-state index in [1.807, 2.05) is 18.2 Å². The maximum atomic E-state index is 11.3. The van der Waals surface area contributed by atoms with E-state index in [1.54, 1.807) is 0 Å². The number of benzene rings is 1. The molecule has 1 aromatic carbocycles. The number of hydrogen-bond donors (Lipinski definition) is 2. The lowest BCUT2D eigenvalue weighted by molar-refractivity contribution is 0.624. The van der Waals surface area contributed by atoms with Crippen LogP contribution in [0.15, 0.2) is 22.7 Å². The van der Waals surface area contributed by atoms with Gasteiger partial charge in [-0.2, -0.15) is 0 Å². The summed E-state index contributed by atoms with van der Waals surface area (Å²) < 4.78 is 12.2. The maximum Gasteiger partial charge on any atom is 0.107 e. The van der Waals surface area contributed by atoms with Gasteiger partial charge in [-0.25, -0.2) is 0 Å². The Bertz CT molecular complexity index is 483. The lowest BCUT2D eigenvalue weighted by Crippen LogP contribution is -2.30. The van der Waals surface area contributed by atoms with Crippen molar-refractivity contribution in [3.05, 3.63) is 28.2 Å². The molecular formula is C12H15BrN2OS2. The van der Waals surface area contributed by atoms with Crippen LogP contribution >= 0.6 is 28.1 Å². The first kappa shape index (κ1) is 14.0. The predicted molar refractivity (Wildman–Crippen MR) is 84.6 cm³/mol. The topological polar surface area (TPSA) is 55.1 Å². The van der Waals surface area contributed by atoms with E-state index in [-0.39, 0.29) is 0 Å². The molecule has 0 aromatic heterocycles. The minimum atomic E-state index is -0.637. The standard InChI is InChI=1S/C12H15BrN2OS2/c13-9-2-1-3-10(11(9)12(14)17)15-8-4-6-18(16)7-5-8/h1-3,8,15H,4-7H2,(H2,14,17). The number of nitrogens with one attached hydrogen (secondary N) is 1. The monoisotopic (exact) mass is 346 g/mol. The molecule has 0 bridgehead atoms. The van der Waals surface area contributed by atoms with Gasteiger partial charge >= 0.3 is 0 Å². The molecule has 0 atom stereocenters. The molecule has 0 amide bonds. The third-order valence-corrected chi connectivity index (χ3v) is 5.25. The minimum absolute atomic E-state index is 0.352. The maximum absolute atomic E-state index is 11.3. The van der Waals surface area contributed by atoms with Crippen LogP contribution in [0.1, 0.15) is 18.4 Å². The number of anilines is 1. The van der Waals surface area contributed by atoms with Crippen LogP contribution in [0.2, 0.25) is 0 Å². The first-order valence-corrected chi connectivity index (χ1v) is 8.46. The van der Waals surface area contributed by atoms with E-state index in [0.717, 1.165) is 40.1 Å². The lowest BCUT2D eigenvalue weighted by atomic mass is 10.1. The molecule has 0 unspecified atom stereocenters. The first-order chi connectivity index (χ1) is 8.58. The Morgan fingerprint density at radius 3 is 2.72 bits per heavy atom. The lowest BCUT2D eigenvalue weighted by Gasteiger charge is -2.25. The zero-order valence-corrected chi connectivity index (χ0v) is 13.0. The van der Waals surface area contributed by atoms with E-state index < -0.39 is 10.8 Å². The molecule has 0 spiro atoms. The molecular weight excluding hydrogens is 332 g/mol. The summed E-state index contributed by atoms with van der Waals surface area (Å²) in [6.07, 6.45) is 1.85. The van der Waals surface area contributed by atoms with Crippen LogP contribution in [0.25, 0.3) is 0 Å².